The number of esters is 1. The summed E-state index contributed by atoms with van der Waals surface area (Å²) >= 11 is 0. The van der Waals surface area contributed by atoms with Gasteiger partial charge in [-0.25, -0.2) is 15.2 Å². The lowest BCUT2D eigenvalue weighted by Gasteiger charge is -2.39. The minimum absolute atomic E-state index is 0.256. The fourth-order valence-electron chi connectivity index (χ4n) is 6.72. The number of carbonyl (C=O) groups excluding carboxylic acids is 4. The minimum Gasteiger partial charge on any atom is -0.455 e. The van der Waals surface area contributed by atoms with Crippen molar-refractivity contribution in [2.75, 3.05) is 6.54 Å². The van der Waals surface area contributed by atoms with E-state index in [1.54, 1.807) is 61.5 Å². The average Bonchev–Trinajstić information content (AvgIpc) is 3.17. The van der Waals surface area contributed by atoms with Gasteiger partial charge in [-0.1, -0.05) is 75.1 Å². The Balaban J connectivity index is 1.32. The van der Waals surface area contributed by atoms with E-state index >= 15 is 0 Å². The molecular weight excluding hydrogens is 737 g/mol. The zero-order valence-corrected chi connectivity index (χ0v) is 34.6. The number of benzene rings is 2. The van der Waals surface area contributed by atoms with Crippen molar-refractivity contribution >= 4 is 57.8 Å². The fraction of sp³-hybridized carbons (Fsp3) is 0.422. The summed E-state index contributed by atoms with van der Waals surface area (Å²) in [4.78, 5) is 63.1. The standard InChI is InChI=1S/C45H56N6O7/c1-10-30-14-16-32-19-21-36(48-37(32)24-30)29(6)57-43(55)40-34(13-11-12-31-15-17-33-18-20-35(28(5)52)47-38(33)25-31)22-23-51(50-40)42(54)27(4)46-41(53)39(26(2)3)49-44(56)58-45(7,8)9/h10-12,14-21,24-29,34,39-40,50,52H,1,13,22-23H2,2-9H3,(H,46,53)(H,49,56). The number of alkyl carbamates (subject to hydrolysis) is 1. The number of rotatable bonds is 13. The van der Waals surface area contributed by atoms with Crippen molar-refractivity contribution in [2.45, 2.75) is 104 Å². The van der Waals surface area contributed by atoms with E-state index in [2.05, 4.69) is 27.6 Å². The number of hydrazine groups is 1. The molecule has 4 N–H and O–H groups in total. The number of carbonyl (C=O) groups is 4. The van der Waals surface area contributed by atoms with Gasteiger partial charge in [0.25, 0.3) is 5.91 Å². The van der Waals surface area contributed by atoms with E-state index in [1.807, 2.05) is 72.8 Å². The van der Waals surface area contributed by atoms with Gasteiger partial charge in [-0.2, -0.15) is 0 Å². The van der Waals surface area contributed by atoms with Crippen LogP contribution >= 0.6 is 0 Å². The molecule has 6 unspecified atom stereocenters. The van der Waals surface area contributed by atoms with Crippen molar-refractivity contribution in [3.8, 4) is 0 Å². The molecular formula is C45H56N6O7. The van der Waals surface area contributed by atoms with Gasteiger partial charge in [0.2, 0.25) is 5.91 Å². The quantitative estimate of drug-likeness (QED) is 0.104. The Morgan fingerprint density at radius 3 is 2.14 bits per heavy atom. The molecule has 0 saturated carbocycles. The predicted molar refractivity (Wildman–Crippen MR) is 225 cm³/mol. The van der Waals surface area contributed by atoms with Crippen LogP contribution in [0.15, 0.2) is 73.3 Å². The molecule has 2 aromatic heterocycles. The third-order valence-electron chi connectivity index (χ3n) is 9.96. The molecule has 3 amide bonds. The number of hydrogen-bond acceptors (Lipinski definition) is 10. The van der Waals surface area contributed by atoms with E-state index < -0.39 is 59.8 Å². The van der Waals surface area contributed by atoms with Gasteiger partial charge in [-0.05, 0) is 102 Å². The first-order valence-corrected chi connectivity index (χ1v) is 19.8. The van der Waals surface area contributed by atoms with Crippen molar-refractivity contribution in [1.29, 1.82) is 0 Å². The molecule has 58 heavy (non-hydrogen) atoms. The van der Waals surface area contributed by atoms with Crippen LogP contribution in [0.25, 0.3) is 34.0 Å². The van der Waals surface area contributed by atoms with Crippen molar-refractivity contribution in [3.63, 3.8) is 0 Å². The van der Waals surface area contributed by atoms with Crippen molar-refractivity contribution < 1.29 is 33.8 Å². The molecule has 0 bridgehead atoms. The van der Waals surface area contributed by atoms with E-state index in [0.717, 1.165) is 32.9 Å². The van der Waals surface area contributed by atoms with Crippen LogP contribution in [0.4, 0.5) is 4.79 Å². The molecule has 0 aliphatic carbocycles. The van der Waals surface area contributed by atoms with Crippen LogP contribution in [0.3, 0.4) is 0 Å². The SMILES string of the molecule is C=Cc1ccc2ccc(C(C)OC(=O)C3NN(C(=O)C(C)NC(=O)C(NC(=O)OC(C)(C)C)C(C)C)CCC3CC=Cc3ccc4ccc(C(C)O)nc4c3)nc2c1. The summed E-state index contributed by atoms with van der Waals surface area (Å²) < 4.78 is 11.4. The molecule has 3 heterocycles. The van der Waals surface area contributed by atoms with Gasteiger partial charge >= 0.3 is 12.1 Å². The minimum atomic E-state index is -0.994. The fourth-order valence-corrected chi connectivity index (χ4v) is 6.72. The number of fused-ring (bicyclic) bond motifs is 2. The van der Waals surface area contributed by atoms with Gasteiger partial charge in [0.1, 0.15) is 29.8 Å². The third kappa shape index (κ3) is 11.3. The number of nitrogens with zero attached hydrogens (tertiary/aromatic N) is 3. The Morgan fingerprint density at radius 1 is 0.914 bits per heavy atom. The molecule has 1 fully saturated rings. The van der Waals surface area contributed by atoms with Crippen molar-refractivity contribution in [1.82, 2.24) is 31.0 Å². The molecule has 13 nitrogen and oxygen atoms in total. The second-order valence-corrected chi connectivity index (χ2v) is 16.2. The number of pyridine rings is 2. The predicted octanol–water partition coefficient (Wildman–Crippen LogP) is 6.96. The molecule has 308 valence electrons. The number of aromatic nitrogens is 2. The lowest BCUT2D eigenvalue weighted by atomic mass is 9.90. The molecule has 1 aliphatic heterocycles. The number of nitrogens with one attached hydrogen (secondary N) is 3. The molecule has 4 aromatic rings. The van der Waals surface area contributed by atoms with E-state index in [0.29, 0.717) is 24.2 Å². The van der Waals surface area contributed by atoms with E-state index in [4.69, 9.17) is 14.5 Å². The number of amides is 3. The summed E-state index contributed by atoms with van der Waals surface area (Å²) in [6.07, 6.45) is 4.51. The maximum Gasteiger partial charge on any atom is 0.408 e. The Morgan fingerprint density at radius 2 is 1.52 bits per heavy atom. The lowest BCUT2D eigenvalue weighted by Crippen LogP contribution is -2.63. The smallest absolute Gasteiger partial charge is 0.408 e. The molecule has 6 atom stereocenters. The van der Waals surface area contributed by atoms with E-state index in [-0.39, 0.29) is 18.4 Å². The molecule has 2 aromatic carbocycles. The van der Waals surface area contributed by atoms with Crippen LogP contribution in [0.5, 0.6) is 0 Å². The van der Waals surface area contributed by atoms with Crippen LogP contribution in [-0.2, 0) is 23.9 Å². The highest BCUT2D eigenvalue weighted by Crippen LogP contribution is 2.27. The zero-order chi connectivity index (χ0) is 42.3. The van der Waals surface area contributed by atoms with E-state index in [1.165, 1.54) is 5.01 Å². The summed E-state index contributed by atoms with van der Waals surface area (Å²) in [7, 11) is 0. The summed E-state index contributed by atoms with van der Waals surface area (Å²) in [6.45, 7) is 17.8. The van der Waals surface area contributed by atoms with Crippen LogP contribution in [-0.4, -0.2) is 74.2 Å². The van der Waals surface area contributed by atoms with Gasteiger partial charge in [-0.15, -0.1) is 0 Å². The number of hydrogen-bond donors (Lipinski definition) is 4. The van der Waals surface area contributed by atoms with Crippen LogP contribution < -0.4 is 16.1 Å². The first-order valence-electron chi connectivity index (χ1n) is 19.8. The Kier molecular flexibility index (Phi) is 14.0. The summed E-state index contributed by atoms with van der Waals surface area (Å²) in [5.74, 6) is -2.10. The van der Waals surface area contributed by atoms with Crippen molar-refractivity contribution in [3.05, 3.63) is 95.8 Å². The van der Waals surface area contributed by atoms with Crippen LogP contribution in [0.2, 0.25) is 0 Å². The molecule has 1 aliphatic rings. The van der Waals surface area contributed by atoms with Gasteiger partial charge in [-0.3, -0.25) is 24.4 Å². The topological polar surface area (TPSA) is 172 Å². The second kappa shape index (κ2) is 18.7. The van der Waals surface area contributed by atoms with E-state index in [9.17, 15) is 24.3 Å². The van der Waals surface area contributed by atoms with Crippen molar-refractivity contribution in [2.24, 2.45) is 11.8 Å². The second-order valence-electron chi connectivity index (χ2n) is 16.2. The largest absolute Gasteiger partial charge is 0.455 e. The number of ether oxygens (including phenoxy) is 2. The highest BCUT2D eigenvalue weighted by atomic mass is 16.6. The molecule has 0 radical (unpaired) electrons. The molecule has 0 spiro atoms. The Bertz CT molecular complexity index is 2180. The molecule has 5 rings (SSSR count). The summed E-state index contributed by atoms with van der Waals surface area (Å²) in [5.41, 5.74) is 6.86. The number of aliphatic hydroxyl groups is 1. The molecule has 1 saturated heterocycles. The number of aliphatic hydroxyl groups excluding tert-OH is 1. The Labute approximate surface area is 340 Å². The first kappa shape index (κ1) is 43.5. The third-order valence-corrected chi connectivity index (χ3v) is 9.96. The van der Waals surface area contributed by atoms with Crippen LogP contribution in [0, 0.1) is 11.8 Å². The monoisotopic (exact) mass is 792 g/mol. The maximum absolute atomic E-state index is 14.1. The lowest BCUT2D eigenvalue weighted by molar-refractivity contribution is -0.159. The molecule has 13 heteroatoms. The van der Waals surface area contributed by atoms with Gasteiger partial charge < -0.3 is 25.2 Å². The van der Waals surface area contributed by atoms with Gasteiger partial charge in [0.15, 0.2) is 0 Å². The highest BCUT2D eigenvalue weighted by molar-refractivity contribution is 5.91. The number of allylic oxidation sites excluding steroid dienone is 1. The summed E-state index contributed by atoms with van der Waals surface area (Å²) in [6, 6.07) is 16.4. The van der Waals surface area contributed by atoms with Gasteiger partial charge in [0, 0.05) is 17.3 Å². The normalized spacial score (nSPS) is 18.1. The highest BCUT2D eigenvalue weighted by Gasteiger charge is 2.39. The first-order chi connectivity index (χ1) is 27.4. The maximum atomic E-state index is 14.1. The zero-order valence-electron chi connectivity index (χ0n) is 34.6. The Hall–Kier alpha value is -5.66. The summed E-state index contributed by atoms with van der Waals surface area (Å²) in [5, 5.41) is 18.6. The van der Waals surface area contributed by atoms with Crippen LogP contribution in [0.1, 0.15) is 103 Å². The average molecular weight is 793 g/mol. The van der Waals surface area contributed by atoms with Gasteiger partial charge in [0.05, 0.1) is 28.5 Å².